The Bertz CT molecular complexity index is 708. The van der Waals surface area contributed by atoms with E-state index in [1.807, 2.05) is 18.2 Å². The van der Waals surface area contributed by atoms with Crippen molar-refractivity contribution in [2.45, 2.75) is 51.2 Å². The van der Waals surface area contributed by atoms with Crippen LogP contribution in [0.15, 0.2) is 47.1 Å². The minimum absolute atomic E-state index is 0.0434. The van der Waals surface area contributed by atoms with Gasteiger partial charge in [-0.1, -0.05) is 37.5 Å². The molecular weight excluding hydrogens is 338 g/mol. The van der Waals surface area contributed by atoms with E-state index in [2.05, 4.69) is 35.5 Å². The van der Waals surface area contributed by atoms with Crippen LogP contribution in [-0.4, -0.2) is 42.4 Å². The van der Waals surface area contributed by atoms with Crippen LogP contribution in [0.4, 0.5) is 5.69 Å². The highest BCUT2D eigenvalue weighted by molar-refractivity contribution is 5.80. The van der Waals surface area contributed by atoms with E-state index in [-0.39, 0.29) is 12.5 Å². The van der Waals surface area contributed by atoms with Crippen molar-refractivity contribution in [2.24, 2.45) is 0 Å². The molecule has 0 spiro atoms. The van der Waals surface area contributed by atoms with Crippen molar-refractivity contribution in [1.29, 1.82) is 0 Å². The molecule has 1 aromatic carbocycles. The van der Waals surface area contributed by atoms with E-state index < -0.39 is 0 Å². The number of carbonyl (C=O) groups excluding carboxylic acids is 1. The van der Waals surface area contributed by atoms with Gasteiger partial charge >= 0.3 is 0 Å². The van der Waals surface area contributed by atoms with Crippen LogP contribution in [0.5, 0.6) is 0 Å². The lowest BCUT2D eigenvalue weighted by Gasteiger charge is -2.31. The van der Waals surface area contributed by atoms with E-state index in [1.165, 1.54) is 37.7 Å². The fourth-order valence-electron chi connectivity index (χ4n) is 3.78. The van der Waals surface area contributed by atoms with Gasteiger partial charge in [0.05, 0.1) is 19.4 Å². The number of nitrogens with zero attached hydrogens (tertiary/aromatic N) is 2. The third kappa shape index (κ3) is 5.60. The largest absolute Gasteiger partial charge is 0.467 e. The predicted molar refractivity (Wildman–Crippen MR) is 108 cm³/mol. The lowest BCUT2D eigenvalue weighted by Crippen LogP contribution is -2.34. The summed E-state index contributed by atoms with van der Waals surface area (Å²) in [7, 11) is 4.02. The average Bonchev–Trinajstić information content (AvgIpc) is 3.20. The summed E-state index contributed by atoms with van der Waals surface area (Å²) in [6.07, 6.45) is 8.27. The third-order valence-corrected chi connectivity index (χ3v) is 5.46. The van der Waals surface area contributed by atoms with Crippen LogP contribution in [-0.2, 0) is 17.9 Å². The molecule has 1 saturated carbocycles. The third-order valence-electron chi connectivity index (χ3n) is 5.46. The van der Waals surface area contributed by atoms with Gasteiger partial charge in [-0.15, -0.1) is 0 Å². The first-order chi connectivity index (χ1) is 13.1. The van der Waals surface area contributed by atoms with Crippen molar-refractivity contribution < 1.29 is 9.21 Å². The van der Waals surface area contributed by atoms with Crippen molar-refractivity contribution in [3.05, 3.63) is 54.0 Å². The Kier molecular flexibility index (Phi) is 6.93. The fraction of sp³-hybridized carbons (Fsp3) is 0.500. The monoisotopic (exact) mass is 369 g/mol. The van der Waals surface area contributed by atoms with Crippen molar-refractivity contribution in [3.8, 4) is 0 Å². The maximum atomic E-state index is 12.4. The lowest BCUT2D eigenvalue weighted by atomic mass is 9.94. The smallest absolute Gasteiger partial charge is 0.242 e. The van der Waals surface area contributed by atoms with Gasteiger partial charge in [0.2, 0.25) is 5.91 Å². The zero-order valence-corrected chi connectivity index (χ0v) is 16.5. The summed E-state index contributed by atoms with van der Waals surface area (Å²) in [5.74, 6) is 0.835. The van der Waals surface area contributed by atoms with E-state index in [1.54, 1.807) is 18.2 Å². The Hall–Kier alpha value is -2.27. The number of benzene rings is 1. The highest BCUT2D eigenvalue weighted by Gasteiger charge is 2.19. The number of amides is 1. The van der Waals surface area contributed by atoms with Crippen molar-refractivity contribution >= 4 is 11.6 Å². The molecule has 0 bridgehead atoms. The Morgan fingerprint density at radius 2 is 1.85 bits per heavy atom. The molecule has 0 atom stereocenters. The first-order valence-corrected chi connectivity index (χ1v) is 9.92. The molecule has 2 aromatic rings. The molecule has 3 rings (SSSR count). The van der Waals surface area contributed by atoms with Crippen LogP contribution in [0.2, 0.25) is 0 Å². The molecule has 1 aliphatic rings. The Labute approximate surface area is 162 Å². The fourth-order valence-corrected chi connectivity index (χ4v) is 3.78. The van der Waals surface area contributed by atoms with E-state index in [0.717, 1.165) is 18.0 Å². The van der Waals surface area contributed by atoms with Gasteiger partial charge in [-0.2, -0.15) is 0 Å². The van der Waals surface area contributed by atoms with Crippen LogP contribution in [0.25, 0.3) is 0 Å². The van der Waals surface area contributed by atoms with Gasteiger partial charge in [-0.05, 0) is 43.7 Å². The van der Waals surface area contributed by atoms with Crippen LogP contribution >= 0.6 is 0 Å². The normalized spacial score (nSPS) is 15.1. The van der Waals surface area contributed by atoms with Crippen molar-refractivity contribution in [1.82, 2.24) is 9.80 Å². The second kappa shape index (κ2) is 9.60. The summed E-state index contributed by atoms with van der Waals surface area (Å²) in [6.45, 7) is 1.67. The van der Waals surface area contributed by atoms with Gasteiger partial charge in [-0.25, -0.2) is 0 Å². The Balaban J connectivity index is 1.54. The van der Waals surface area contributed by atoms with Crippen LogP contribution in [0.3, 0.4) is 0 Å². The molecule has 0 saturated heterocycles. The molecule has 1 N–H and O–H groups in total. The molecule has 0 aliphatic heterocycles. The number of para-hydroxylation sites is 1. The second-order valence-electron chi connectivity index (χ2n) is 7.55. The average molecular weight is 370 g/mol. The molecule has 5 heteroatoms. The number of anilines is 1. The van der Waals surface area contributed by atoms with Gasteiger partial charge in [-0.3, -0.25) is 9.69 Å². The number of likely N-dealkylation sites (N-methyl/N-ethyl adjacent to an activating group) is 1. The number of nitrogens with one attached hydrogen (secondary N) is 1. The van der Waals surface area contributed by atoms with Gasteiger partial charge in [0.15, 0.2) is 0 Å². The second-order valence-corrected chi connectivity index (χ2v) is 7.55. The Morgan fingerprint density at radius 1 is 1.07 bits per heavy atom. The van der Waals surface area contributed by atoms with Gasteiger partial charge in [0.25, 0.3) is 0 Å². The SMILES string of the molecule is CN(Cc1ccco1)C(=O)CNc1ccccc1CN(C)C1CCCCC1. The highest BCUT2D eigenvalue weighted by Crippen LogP contribution is 2.24. The zero-order chi connectivity index (χ0) is 19.1. The van der Waals surface area contributed by atoms with Gasteiger partial charge in [0.1, 0.15) is 5.76 Å². The summed E-state index contributed by atoms with van der Waals surface area (Å²) >= 11 is 0. The summed E-state index contributed by atoms with van der Waals surface area (Å²) in [6, 6.07) is 12.7. The molecule has 146 valence electrons. The summed E-state index contributed by atoms with van der Waals surface area (Å²) in [4.78, 5) is 16.6. The summed E-state index contributed by atoms with van der Waals surface area (Å²) in [5.41, 5.74) is 2.28. The van der Waals surface area contributed by atoms with E-state index in [0.29, 0.717) is 12.6 Å². The molecule has 1 fully saturated rings. The molecule has 5 nitrogen and oxygen atoms in total. The minimum atomic E-state index is 0.0434. The molecule has 0 radical (unpaired) electrons. The van der Waals surface area contributed by atoms with Crippen LogP contribution in [0.1, 0.15) is 43.4 Å². The standard InChI is InChI=1S/C22H31N3O2/c1-24(19-10-4-3-5-11-19)16-18-9-6-7-13-21(18)23-15-22(26)25(2)17-20-12-8-14-27-20/h6-9,12-14,19,23H,3-5,10-11,15-17H2,1-2H3. The minimum Gasteiger partial charge on any atom is -0.467 e. The van der Waals surface area contributed by atoms with E-state index in [4.69, 9.17) is 4.42 Å². The Morgan fingerprint density at radius 3 is 2.59 bits per heavy atom. The van der Waals surface area contributed by atoms with Crippen LogP contribution in [0, 0.1) is 0 Å². The molecular formula is C22H31N3O2. The topological polar surface area (TPSA) is 48.7 Å². The molecule has 0 unspecified atom stereocenters. The number of hydrogen-bond acceptors (Lipinski definition) is 4. The van der Waals surface area contributed by atoms with Gasteiger partial charge < -0.3 is 14.6 Å². The van der Waals surface area contributed by atoms with Crippen molar-refractivity contribution in [3.63, 3.8) is 0 Å². The summed E-state index contributed by atoms with van der Waals surface area (Å²) < 4.78 is 5.32. The molecule has 1 aromatic heterocycles. The predicted octanol–water partition coefficient (Wildman–Crippen LogP) is 4.11. The maximum absolute atomic E-state index is 12.4. The molecule has 27 heavy (non-hydrogen) atoms. The zero-order valence-electron chi connectivity index (χ0n) is 16.5. The first kappa shape index (κ1) is 19.5. The van der Waals surface area contributed by atoms with Gasteiger partial charge in [0, 0.05) is 25.3 Å². The maximum Gasteiger partial charge on any atom is 0.242 e. The lowest BCUT2D eigenvalue weighted by molar-refractivity contribution is -0.128. The quantitative estimate of drug-likeness (QED) is 0.761. The highest BCUT2D eigenvalue weighted by atomic mass is 16.3. The van der Waals surface area contributed by atoms with E-state index >= 15 is 0 Å². The molecule has 1 aliphatic carbocycles. The van der Waals surface area contributed by atoms with E-state index in [9.17, 15) is 4.79 Å². The number of rotatable bonds is 8. The van der Waals surface area contributed by atoms with Crippen LogP contribution < -0.4 is 5.32 Å². The number of hydrogen-bond donors (Lipinski definition) is 1. The summed E-state index contributed by atoms with van der Waals surface area (Å²) in [5, 5.41) is 3.33. The molecule has 1 amide bonds. The number of carbonyl (C=O) groups is 1. The number of furan rings is 1. The molecule has 1 heterocycles. The van der Waals surface area contributed by atoms with Crippen molar-refractivity contribution in [2.75, 3.05) is 26.0 Å². The first-order valence-electron chi connectivity index (χ1n) is 9.92.